The zero-order valence-corrected chi connectivity index (χ0v) is 14.1. The monoisotopic (exact) mass is 331 g/mol. The molecule has 6 heteroatoms. The number of amidine groups is 1. The Labute approximate surface area is 140 Å². The molecule has 1 aliphatic carbocycles. The van der Waals surface area contributed by atoms with Gasteiger partial charge in [0.2, 0.25) is 0 Å². The third-order valence-corrected chi connectivity index (χ3v) is 5.98. The van der Waals surface area contributed by atoms with Crippen molar-refractivity contribution in [2.24, 2.45) is 4.99 Å². The Bertz CT molecular complexity index is 666. The minimum atomic E-state index is -0.369. The molecule has 122 valence electrons. The van der Waals surface area contributed by atoms with E-state index in [-0.39, 0.29) is 16.1 Å². The summed E-state index contributed by atoms with van der Waals surface area (Å²) in [5.41, 5.74) is 1.98. The number of nitro groups is 1. The molecular weight excluding hydrogens is 310 g/mol. The van der Waals surface area contributed by atoms with Crippen LogP contribution in [0.15, 0.2) is 35.8 Å². The van der Waals surface area contributed by atoms with Crippen LogP contribution in [0, 0.1) is 17.0 Å². The van der Waals surface area contributed by atoms with E-state index in [1.54, 1.807) is 23.9 Å². The van der Waals surface area contributed by atoms with Gasteiger partial charge in [0, 0.05) is 24.4 Å². The highest BCUT2D eigenvalue weighted by molar-refractivity contribution is 8.14. The third-order valence-electron chi connectivity index (χ3n) is 4.73. The van der Waals surface area contributed by atoms with Crippen molar-refractivity contribution in [3.63, 3.8) is 0 Å². The number of benzene rings is 1. The molecule has 0 radical (unpaired) electrons. The summed E-state index contributed by atoms with van der Waals surface area (Å²) in [4.78, 5) is 17.7. The van der Waals surface area contributed by atoms with E-state index in [9.17, 15) is 10.1 Å². The zero-order valence-electron chi connectivity index (χ0n) is 13.3. The zero-order chi connectivity index (χ0) is 16.4. The highest BCUT2D eigenvalue weighted by atomic mass is 32.2. The molecule has 1 aromatic carbocycles. The van der Waals surface area contributed by atoms with Crippen LogP contribution in [0.5, 0.6) is 0 Å². The van der Waals surface area contributed by atoms with Crippen LogP contribution in [0.1, 0.15) is 31.2 Å². The lowest BCUT2D eigenvalue weighted by Gasteiger charge is -2.34. The molecule has 1 spiro atoms. The highest BCUT2D eigenvalue weighted by Crippen LogP contribution is 2.45. The molecule has 0 bridgehead atoms. The number of hydrogen-bond donors (Lipinski definition) is 0. The number of non-ortho nitro benzene ring substituents is 1. The normalized spacial score (nSPS) is 21.3. The molecule has 0 unspecified atom stereocenters. The predicted octanol–water partition coefficient (Wildman–Crippen LogP) is 4.44. The molecule has 0 amide bonds. The van der Waals surface area contributed by atoms with Crippen LogP contribution in [0.2, 0.25) is 0 Å². The Morgan fingerprint density at radius 3 is 2.83 bits per heavy atom. The second-order valence-electron chi connectivity index (χ2n) is 6.24. The fourth-order valence-corrected chi connectivity index (χ4v) is 4.91. The SMILES string of the molecule is C=CCN1/C(=N\c2ccc([N+](=O)[O-])cc2C)SCC12CCCC2. The van der Waals surface area contributed by atoms with E-state index < -0.39 is 0 Å². The quantitative estimate of drug-likeness (QED) is 0.465. The standard InChI is InChI=1S/C17H21N3O2S/c1-3-10-19-16(23-12-17(19)8-4-5-9-17)18-15-7-6-14(20(21)22)11-13(15)2/h3,6-7,11H,1,4-5,8-10,12H2,2H3/b18-16+. The van der Waals surface area contributed by atoms with Gasteiger partial charge in [-0.2, -0.15) is 0 Å². The number of hydrogen-bond acceptors (Lipinski definition) is 4. The molecule has 1 saturated heterocycles. The molecule has 2 fully saturated rings. The highest BCUT2D eigenvalue weighted by Gasteiger charge is 2.45. The first kappa shape index (κ1) is 16.1. The number of aryl methyl sites for hydroxylation is 1. The first-order valence-electron chi connectivity index (χ1n) is 7.91. The maximum atomic E-state index is 10.9. The summed E-state index contributed by atoms with van der Waals surface area (Å²) in [6, 6.07) is 4.85. The van der Waals surface area contributed by atoms with Crippen LogP contribution >= 0.6 is 11.8 Å². The van der Waals surface area contributed by atoms with Crippen LogP contribution in [-0.4, -0.2) is 32.8 Å². The van der Waals surface area contributed by atoms with Gasteiger partial charge in [-0.1, -0.05) is 30.7 Å². The maximum absolute atomic E-state index is 10.9. The molecule has 0 N–H and O–H groups in total. The molecule has 1 aliphatic heterocycles. The molecule has 5 nitrogen and oxygen atoms in total. The topological polar surface area (TPSA) is 58.7 Å². The average Bonchev–Trinajstić information content (AvgIpc) is 3.12. The smallest absolute Gasteiger partial charge is 0.269 e. The summed E-state index contributed by atoms with van der Waals surface area (Å²) in [6.07, 6.45) is 6.92. The Kier molecular flexibility index (Phi) is 4.43. The van der Waals surface area contributed by atoms with Gasteiger partial charge < -0.3 is 4.90 Å². The average molecular weight is 331 g/mol. The van der Waals surface area contributed by atoms with Crippen molar-refractivity contribution in [2.75, 3.05) is 12.3 Å². The Morgan fingerprint density at radius 2 is 2.22 bits per heavy atom. The van der Waals surface area contributed by atoms with Crippen molar-refractivity contribution in [3.05, 3.63) is 46.5 Å². The van der Waals surface area contributed by atoms with E-state index in [4.69, 9.17) is 4.99 Å². The van der Waals surface area contributed by atoms with Gasteiger partial charge in [0.15, 0.2) is 5.17 Å². The van der Waals surface area contributed by atoms with Crippen molar-refractivity contribution in [1.82, 2.24) is 4.90 Å². The molecule has 0 aromatic heterocycles. The fraction of sp³-hybridized carbons (Fsp3) is 0.471. The van der Waals surface area contributed by atoms with Crippen LogP contribution < -0.4 is 0 Å². The lowest BCUT2D eigenvalue weighted by molar-refractivity contribution is -0.384. The van der Waals surface area contributed by atoms with E-state index in [1.807, 2.05) is 13.0 Å². The second kappa shape index (κ2) is 6.35. The fourth-order valence-electron chi connectivity index (χ4n) is 3.48. The van der Waals surface area contributed by atoms with Gasteiger partial charge in [-0.25, -0.2) is 4.99 Å². The molecule has 2 aliphatic rings. The van der Waals surface area contributed by atoms with Gasteiger partial charge in [0.25, 0.3) is 5.69 Å². The number of nitrogens with zero attached hydrogens (tertiary/aromatic N) is 3. The second-order valence-corrected chi connectivity index (χ2v) is 7.18. The first-order valence-corrected chi connectivity index (χ1v) is 8.89. The first-order chi connectivity index (χ1) is 11.1. The van der Waals surface area contributed by atoms with Crippen LogP contribution in [0.4, 0.5) is 11.4 Å². The Hall–Kier alpha value is -1.82. The van der Waals surface area contributed by atoms with Crippen molar-refractivity contribution in [1.29, 1.82) is 0 Å². The molecule has 0 atom stereocenters. The summed E-state index contributed by atoms with van der Waals surface area (Å²) in [5, 5.41) is 11.9. The number of aliphatic imine (C=N–C) groups is 1. The lowest BCUT2D eigenvalue weighted by Crippen LogP contribution is -2.45. The molecule has 1 saturated carbocycles. The van der Waals surface area contributed by atoms with Crippen LogP contribution in [0.25, 0.3) is 0 Å². The van der Waals surface area contributed by atoms with Crippen molar-refractivity contribution < 1.29 is 4.92 Å². The minimum Gasteiger partial charge on any atom is -0.341 e. The summed E-state index contributed by atoms with van der Waals surface area (Å²) < 4.78 is 0. The third kappa shape index (κ3) is 3.00. The van der Waals surface area contributed by atoms with E-state index in [0.717, 1.165) is 28.7 Å². The van der Waals surface area contributed by atoms with Crippen LogP contribution in [-0.2, 0) is 0 Å². The van der Waals surface area contributed by atoms with Gasteiger partial charge >= 0.3 is 0 Å². The summed E-state index contributed by atoms with van der Waals surface area (Å²) in [5.74, 6) is 1.08. The van der Waals surface area contributed by atoms with Gasteiger partial charge in [-0.3, -0.25) is 10.1 Å². The number of thioether (sulfide) groups is 1. The van der Waals surface area contributed by atoms with E-state index in [1.165, 1.54) is 31.7 Å². The molecule has 3 rings (SSSR count). The van der Waals surface area contributed by atoms with Crippen molar-refractivity contribution in [3.8, 4) is 0 Å². The molecule has 1 aromatic rings. The summed E-state index contributed by atoms with van der Waals surface area (Å²) in [7, 11) is 0. The summed E-state index contributed by atoms with van der Waals surface area (Å²) >= 11 is 1.79. The largest absolute Gasteiger partial charge is 0.341 e. The van der Waals surface area contributed by atoms with E-state index in [0.29, 0.717) is 0 Å². The van der Waals surface area contributed by atoms with Crippen LogP contribution in [0.3, 0.4) is 0 Å². The predicted molar refractivity (Wildman–Crippen MR) is 95.5 cm³/mol. The Balaban J connectivity index is 1.92. The molecule has 1 heterocycles. The molecular formula is C17H21N3O2S. The van der Waals surface area contributed by atoms with Gasteiger partial charge in [-0.15, -0.1) is 6.58 Å². The van der Waals surface area contributed by atoms with Gasteiger partial charge in [0.05, 0.1) is 16.1 Å². The van der Waals surface area contributed by atoms with Gasteiger partial charge in [0.1, 0.15) is 0 Å². The number of nitro benzene ring substituents is 1. The van der Waals surface area contributed by atoms with Gasteiger partial charge in [-0.05, 0) is 31.4 Å². The van der Waals surface area contributed by atoms with Crippen molar-refractivity contribution in [2.45, 2.75) is 38.1 Å². The van der Waals surface area contributed by atoms with E-state index >= 15 is 0 Å². The lowest BCUT2D eigenvalue weighted by atomic mass is 9.98. The van der Waals surface area contributed by atoms with Crippen molar-refractivity contribution >= 4 is 28.3 Å². The number of rotatable bonds is 4. The summed E-state index contributed by atoms with van der Waals surface area (Å²) in [6.45, 7) is 6.56. The maximum Gasteiger partial charge on any atom is 0.269 e. The minimum absolute atomic E-state index is 0.112. The molecule has 23 heavy (non-hydrogen) atoms. The van der Waals surface area contributed by atoms with E-state index in [2.05, 4.69) is 11.5 Å². The Morgan fingerprint density at radius 1 is 1.48 bits per heavy atom.